The van der Waals surface area contributed by atoms with Crippen molar-refractivity contribution in [2.45, 2.75) is 32.6 Å². The number of aliphatic hydroxyl groups is 1. The van der Waals surface area contributed by atoms with E-state index < -0.39 is 0 Å². The SMILES string of the molecule is CC(C)(C)c1nc(NN)cc(NCCCOCCO)n1. The van der Waals surface area contributed by atoms with Crippen molar-refractivity contribution >= 4 is 11.6 Å². The lowest BCUT2D eigenvalue weighted by Crippen LogP contribution is -2.20. The van der Waals surface area contributed by atoms with Gasteiger partial charge in [0.15, 0.2) is 0 Å². The van der Waals surface area contributed by atoms with Crippen molar-refractivity contribution in [2.24, 2.45) is 5.84 Å². The summed E-state index contributed by atoms with van der Waals surface area (Å²) in [5, 5.41) is 11.8. The molecule has 0 saturated heterocycles. The van der Waals surface area contributed by atoms with Gasteiger partial charge in [0, 0.05) is 24.6 Å². The lowest BCUT2D eigenvalue weighted by atomic mass is 9.96. The molecule has 114 valence electrons. The molecule has 0 fully saturated rings. The molecule has 0 bridgehead atoms. The van der Waals surface area contributed by atoms with E-state index in [2.05, 4.69) is 41.5 Å². The van der Waals surface area contributed by atoms with E-state index in [1.54, 1.807) is 6.07 Å². The predicted molar refractivity (Wildman–Crippen MR) is 79.6 cm³/mol. The largest absolute Gasteiger partial charge is 0.394 e. The number of nitrogens with two attached hydrogens (primary N) is 1. The molecule has 0 radical (unpaired) electrons. The average molecular weight is 283 g/mol. The maximum Gasteiger partial charge on any atom is 0.145 e. The summed E-state index contributed by atoms with van der Waals surface area (Å²) < 4.78 is 5.19. The van der Waals surface area contributed by atoms with Gasteiger partial charge in [-0.05, 0) is 6.42 Å². The fourth-order valence-electron chi connectivity index (χ4n) is 1.50. The van der Waals surface area contributed by atoms with Gasteiger partial charge in [-0.1, -0.05) is 20.8 Å². The normalized spacial score (nSPS) is 11.4. The van der Waals surface area contributed by atoms with Gasteiger partial charge in [0.2, 0.25) is 0 Å². The van der Waals surface area contributed by atoms with Gasteiger partial charge in [0.1, 0.15) is 17.5 Å². The van der Waals surface area contributed by atoms with Crippen LogP contribution in [0, 0.1) is 0 Å². The quantitative estimate of drug-likeness (QED) is 0.319. The number of rotatable bonds is 8. The molecule has 0 aliphatic carbocycles. The highest BCUT2D eigenvalue weighted by Gasteiger charge is 2.18. The van der Waals surface area contributed by atoms with Crippen LogP contribution in [0.25, 0.3) is 0 Å². The zero-order chi connectivity index (χ0) is 15.0. The molecule has 1 rings (SSSR count). The Balaban J connectivity index is 2.56. The van der Waals surface area contributed by atoms with Gasteiger partial charge in [0.25, 0.3) is 0 Å². The van der Waals surface area contributed by atoms with Crippen molar-refractivity contribution in [3.05, 3.63) is 11.9 Å². The summed E-state index contributed by atoms with van der Waals surface area (Å²) in [6, 6.07) is 1.77. The number of nitrogens with zero attached hydrogens (tertiary/aromatic N) is 2. The maximum atomic E-state index is 8.59. The van der Waals surface area contributed by atoms with E-state index in [1.807, 2.05) is 0 Å². The van der Waals surface area contributed by atoms with Gasteiger partial charge < -0.3 is 20.6 Å². The molecule has 5 N–H and O–H groups in total. The van der Waals surface area contributed by atoms with Gasteiger partial charge in [-0.15, -0.1) is 0 Å². The molecular formula is C13H25N5O2. The Morgan fingerprint density at radius 3 is 2.55 bits per heavy atom. The van der Waals surface area contributed by atoms with Gasteiger partial charge in [0.05, 0.1) is 13.2 Å². The number of hydrazine groups is 1. The summed E-state index contributed by atoms with van der Waals surface area (Å²) in [5.74, 6) is 7.48. The van der Waals surface area contributed by atoms with Crippen LogP contribution in [0.5, 0.6) is 0 Å². The molecule has 0 spiro atoms. The van der Waals surface area contributed by atoms with Crippen LogP contribution in [0.15, 0.2) is 6.07 Å². The second-order valence-corrected chi connectivity index (χ2v) is 5.47. The lowest BCUT2D eigenvalue weighted by Gasteiger charge is -2.18. The molecule has 7 heteroatoms. The highest BCUT2D eigenvalue weighted by molar-refractivity contribution is 5.47. The minimum absolute atomic E-state index is 0.0554. The van der Waals surface area contributed by atoms with Crippen LogP contribution >= 0.6 is 0 Å². The van der Waals surface area contributed by atoms with E-state index in [-0.39, 0.29) is 12.0 Å². The molecule has 0 amide bonds. The zero-order valence-electron chi connectivity index (χ0n) is 12.4. The van der Waals surface area contributed by atoms with Crippen LogP contribution in [0.4, 0.5) is 11.6 Å². The molecule has 0 unspecified atom stereocenters. The summed E-state index contributed by atoms with van der Waals surface area (Å²) in [7, 11) is 0. The predicted octanol–water partition coefficient (Wildman–Crippen LogP) is 0.871. The minimum Gasteiger partial charge on any atom is -0.394 e. The lowest BCUT2D eigenvalue weighted by molar-refractivity contribution is 0.0922. The summed E-state index contributed by atoms with van der Waals surface area (Å²) in [4.78, 5) is 8.84. The number of anilines is 2. The van der Waals surface area contributed by atoms with E-state index in [4.69, 9.17) is 15.7 Å². The fraction of sp³-hybridized carbons (Fsp3) is 0.692. The van der Waals surface area contributed by atoms with Crippen molar-refractivity contribution in [1.29, 1.82) is 0 Å². The van der Waals surface area contributed by atoms with Gasteiger partial charge in [-0.25, -0.2) is 15.8 Å². The van der Waals surface area contributed by atoms with Crippen molar-refractivity contribution < 1.29 is 9.84 Å². The van der Waals surface area contributed by atoms with Gasteiger partial charge >= 0.3 is 0 Å². The highest BCUT2D eigenvalue weighted by Crippen LogP contribution is 2.21. The molecule has 0 saturated carbocycles. The third-order valence-electron chi connectivity index (χ3n) is 2.55. The van der Waals surface area contributed by atoms with E-state index >= 15 is 0 Å². The molecule has 1 aromatic rings. The second kappa shape index (κ2) is 7.98. The van der Waals surface area contributed by atoms with E-state index in [1.165, 1.54) is 0 Å². The molecule has 0 aliphatic rings. The van der Waals surface area contributed by atoms with Crippen LogP contribution < -0.4 is 16.6 Å². The fourth-order valence-corrected chi connectivity index (χ4v) is 1.50. The average Bonchev–Trinajstić information content (AvgIpc) is 2.41. The van der Waals surface area contributed by atoms with Crippen LogP contribution in [0.2, 0.25) is 0 Å². The van der Waals surface area contributed by atoms with Crippen molar-refractivity contribution in [3.8, 4) is 0 Å². The highest BCUT2D eigenvalue weighted by atomic mass is 16.5. The van der Waals surface area contributed by atoms with Crippen molar-refractivity contribution in [2.75, 3.05) is 37.1 Å². The molecule has 0 atom stereocenters. The number of hydrogen-bond acceptors (Lipinski definition) is 7. The van der Waals surface area contributed by atoms with Gasteiger partial charge in [-0.2, -0.15) is 0 Å². The van der Waals surface area contributed by atoms with E-state index in [0.717, 1.165) is 24.6 Å². The number of hydrogen-bond donors (Lipinski definition) is 4. The second-order valence-electron chi connectivity index (χ2n) is 5.47. The monoisotopic (exact) mass is 283 g/mol. The Morgan fingerprint density at radius 2 is 1.95 bits per heavy atom. The van der Waals surface area contributed by atoms with Crippen LogP contribution in [-0.4, -0.2) is 41.4 Å². The first-order valence-electron chi connectivity index (χ1n) is 6.76. The third-order valence-corrected chi connectivity index (χ3v) is 2.55. The first-order chi connectivity index (χ1) is 9.47. The number of ether oxygens (including phenoxy) is 1. The zero-order valence-corrected chi connectivity index (χ0v) is 12.4. The summed E-state index contributed by atoms with van der Waals surface area (Å²) in [6.45, 7) is 7.92. The molecule has 1 aromatic heterocycles. The van der Waals surface area contributed by atoms with Crippen LogP contribution in [0.1, 0.15) is 33.0 Å². The number of aliphatic hydroxyl groups excluding tert-OH is 1. The Labute approximate surface area is 119 Å². The number of aromatic nitrogens is 2. The third kappa shape index (κ3) is 5.68. The Morgan fingerprint density at radius 1 is 1.25 bits per heavy atom. The molecule has 0 aliphatic heterocycles. The maximum absolute atomic E-state index is 8.59. The Kier molecular flexibility index (Phi) is 6.63. The first kappa shape index (κ1) is 16.6. The number of nitrogen functional groups attached to an aromatic ring is 1. The van der Waals surface area contributed by atoms with E-state index in [9.17, 15) is 0 Å². The Hall–Kier alpha value is -1.44. The molecule has 0 aromatic carbocycles. The van der Waals surface area contributed by atoms with Crippen LogP contribution in [0.3, 0.4) is 0 Å². The topological polar surface area (TPSA) is 105 Å². The molecule has 1 heterocycles. The van der Waals surface area contributed by atoms with Gasteiger partial charge in [-0.3, -0.25) is 0 Å². The summed E-state index contributed by atoms with van der Waals surface area (Å²) in [5.41, 5.74) is 2.41. The molecule has 7 nitrogen and oxygen atoms in total. The number of nitrogens with one attached hydrogen (secondary N) is 2. The Bertz CT molecular complexity index is 406. The summed E-state index contributed by atoms with van der Waals surface area (Å²) >= 11 is 0. The minimum atomic E-state index is -0.145. The smallest absolute Gasteiger partial charge is 0.145 e. The first-order valence-corrected chi connectivity index (χ1v) is 6.76. The van der Waals surface area contributed by atoms with Crippen LogP contribution in [-0.2, 0) is 10.2 Å². The van der Waals surface area contributed by atoms with E-state index in [0.29, 0.717) is 19.0 Å². The van der Waals surface area contributed by atoms with Crippen molar-refractivity contribution in [3.63, 3.8) is 0 Å². The van der Waals surface area contributed by atoms with Crippen molar-refractivity contribution in [1.82, 2.24) is 9.97 Å². The standard InChI is InChI=1S/C13H25N5O2/c1-13(2,3)12-16-10(9-11(17-12)18-14)15-5-4-7-20-8-6-19/h9,19H,4-8,14H2,1-3H3,(H2,15,16,17,18). The summed E-state index contributed by atoms with van der Waals surface area (Å²) in [6.07, 6.45) is 0.834. The molecular weight excluding hydrogens is 258 g/mol. The molecule has 20 heavy (non-hydrogen) atoms.